The molecule has 2 N–H and O–H groups in total. The molecule has 2 aliphatic rings. The first-order chi connectivity index (χ1) is 12.3. The fourth-order valence-corrected chi connectivity index (χ4v) is 4.24. The van der Waals surface area contributed by atoms with Gasteiger partial charge >= 0.3 is 0 Å². The molecule has 1 aliphatic carbocycles. The molecule has 4 rings (SSSR count). The predicted molar refractivity (Wildman–Crippen MR) is 100 cm³/mol. The van der Waals surface area contributed by atoms with Gasteiger partial charge in [0.15, 0.2) is 0 Å². The number of likely N-dealkylation sites (tertiary alicyclic amines) is 1. The quantitative estimate of drug-likeness (QED) is 0.898. The molecule has 0 amide bonds. The molecule has 25 heavy (non-hydrogen) atoms. The molecule has 0 aromatic heterocycles. The van der Waals surface area contributed by atoms with Crippen molar-refractivity contribution in [3.63, 3.8) is 0 Å². The van der Waals surface area contributed by atoms with Gasteiger partial charge in [0.25, 0.3) is 0 Å². The van der Waals surface area contributed by atoms with Crippen molar-refractivity contribution < 1.29 is 9.84 Å². The van der Waals surface area contributed by atoms with Gasteiger partial charge in [-0.3, -0.25) is 4.90 Å². The van der Waals surface area contributed by atoms with Gasteiger partial charge in [0.1, 0.15) is 5.75 Å². The summed E-state index contributed by atoms with van der Waals surface area (Å²) < 4.78 is 5.43. The normalized spacial score (nSPS) is 24.1. The summed E-state index contributed by atoms with van der Waals surface area (Å²) in [6.45, 7) is 2.03. The Morgan fingerprint density at radius 1 is 1.04 bits per heavy atom. The van der Waals surface area contributed by atoms with E-state index in [0.29, 0.717) is 6.04 Å². The van der Waals surface area contributed by atoms with Crippen molar-refractivity contribution in [2.45, 2.75) is 37.5 Å². The number of fused-ring (bicyclic) bond motifs is 1. The van der Waals surface area contributed by atoms with E-state index in [4.69, 9.17) is 4.74 Å². The van der Waals surface area contributed by atoms with E-state index in [0.717, 1.165) is 49.4 Å². The van der Waals surface area contributed by atoms with E-state index in [9.17, 15) is 5.11 Å². The van der Waals surface area contributed by atoms with Gasteiger partial charge in [-0.05, 0) is 42.5 Å². The molecule has 2 aromatic carbocycles. The van der Waals surface area contributed by atoms with Crippen LogP contribution in [0.25, 0.3) is 0 Å². The van der Waals surface area contributed by atoms with Gasteiger partial charge in [0, 0.05) is 25.2 Å². The average Bonchev–Trinajstić information content (AvgIpc) is 3.00. The Kier molecular flexibility index (Phi) is 4.64. The van der Waals surface area contributed by atoms with Gasteiger partial charge in [-0.25, -0.2) is 0 Å². The number of nitrogens with one attached hydrogen (secondary N) is 1. The highest BCUT2D eigenvalue weighted by Gasteiger charge is 2.36. The number of hydrogen-bond acceptors (Lipinski definition) is 4. The van der Waals surface area contributed by atoms with Crippen molar-refractivity contribution in [2.75, 3.05) is 25.5 Å². The van der Waals surface area contributed by atoms with Crippen molar-refractivity contribution >= 4 is 5.69 Å². The minimum absolute atomic E-state index is 0.226. The second-order valence-electron chi connectivity index (χ2n) is 7.07. The predicted octanol–water partition coefficient (Wildman–Crippen LogP) is 3.23. The van der Waals surface area contributed by atoms with Crippen LogP contribution in [0.5, 0.6) is 5.75 Å². The first kappa shape index (κ1) is 16.4. The zero-order valence-corrected chi connectivity index (χ0v) is 14.7. The zero-order valence-electron chi connectivity index (χ0n) is 14.7. The summed E-state index contributed by atoms with van der Waals surface area (Å²) in [4.78, 5) is 2.46. The van der Waals surface area contributed by atoms with Gasteiger partial charge in [-0.2, -0.15) is 0 Å². The number of para-hydroxylation sites is 2. The molecule has 0 spiro atoms. The number of anilines is 1. The second-order valence-corrected chi connectivity index (χ2v) is 7.07. The highest BCUT2D eigenvalue weighted by molar-refractivity contribution is 5.56. The van der Waals surface area contributed by atoms with E-state index in [1.165, 1.54) is 5.56 Å². The molecular formula is C21H26N2O2. The Bertz CT molecular complexity index is 725. The number of benzene rings is 2. The molecule has 0 saturated carbocycles. The lowest BCUT2D eigenvalue weighted by Crippen LogP contribution is -2.46. The number of aliphatic hydroxyl groups excluding tert-OH is 1. The van der Waals surface area contributed by atoms with Crippen LogP contribution in [0.15, 0.2) is 48.5 Å². The molecule has 4 nitrogen and oxygen atoms in total. The smallest absolute Gasteiger partial charge is 0.141 e. The van der Waals surface area contributed by atoms with Crippen LogP contribution in [-0.4, -0.2) is 42.3 Å². The Morgan fingerprint density at radius 3 is 2.52 bits per heavy atom. The lowest BCUT2D eigenvalue weighted by molar-refractivity contribution is 0.0474. The van der Waals surface area contributed by atoms with E-state index >= 15 is 0 Å². The molecule has 1 aliphatic heterocycles. The summed E-state index contributed by atoms with van der Waals surface area (Å²) in [6.07, 6.45) is 2.77. The topological polar surface area (TPSA) is 44.7 Å². The third kappa shape index (κ3) is 3.24. The number of rotatable bonds is 4. The van der Waals surface area contributed by atoms with Crippen molar-refractivity contribution in [1.29, 1.82) is 0 Å². The number of hydrogen-bond donors (Lipinski definition) is 2. The molecule has 0 radical (unpaired) electrons. The maximum atomic E-state index is 10.7. The van der Waals surface area contributed by atoms with Crippen molar-refractivity contribution in [3.8, 4) is 5.75 Å². The Labute approximate surface area is 149 Å². The highest BCUT2D eigenvalue weighted by Crippen LogP contribution is 2.36. The summed E-state index contributed by atoms with van der Waals surface area (Å²) in [5.74, 6) is 0.895. The number of methoxy groups -OCH3 is 1. The lowest BCUT2D eigenvalue weighted by atomic mass is 10.0. The maximum Gasteiger partial charge on any atom is 0.141 e. The van der Waals surface area contributed by atoms with Crippen molar-refractivity contribution in [3.05, 3.63) is 59.7 Å². The molecule has 1 heterocycles. The highest BCUT2D eigenvalue weighted by atomic mass is 16.5. The summed E-state index contributed by atoms with van der Waals surface area (Å²) in [5, 5.41) is 14.3. The average molecular weight is 338 g/mol. The largest absolute Gasteiger partial charge is 0.495 e. The maximum absolute atomic E-state index is 10.7. The molecule has 0 unspecified atom stereocenters. The number of aliphatic hydroxyl groups is 1. The summed E-state index contributed by atoms with van der Waals surface area (Å²) in [5.41, 5.74) is 3.48. The van der Waals surface area contributed by atoms with Gasteiger partial charge in [-0.1, -0.05) is 36.4 Å². The third-order valence-corrected chi connectivity index (χ3v) is 5.63. The van der Waals surface area contributed by atoms with Crippen LogP contribution in [0.1, 0.15) is 30.1 Å². The summed E-state index contributed by atoms with van der Waals surface area (Å²) in [6, 6.07) is 17.1. The second kappa shape index (κ2) is 7.06. The minimum atomic E-state index is -0.352. The van der Waals surface area contributed by atoms with Gasteiger partial charge < -0.3 is 15.2 Å². The van der Waals surface area contributed by atoms with Crippen LogP contribution in [0, 0.1) is 0 Å². The fraction of sp³-hybridized carbons (Fsp3) is 0.429. The number of piperidine rings is 1. The SMILES string of the molecule is COc1ccccc1NC1CCN([C@@H]2Cc3ccccc3[C@H]2O)CC1. The van der Waals surface area contributed by atoms with Crippen LogP contribution in [0.2, 0.25) is 0 Å². The van der Waals surface area contributed by atoms with Crippen molar-refractivity contribution in [1.82, 2.24) is 4.90 Å². The Balaban J connectivity index is 1.36. The molecular weight excluding hydrogens is 312 g/mol. The summed E-state index contributed by atoms with van der Waals surface area (Å²) in [7, 11) is 1.71. The van der Waals surface area contributed by atoms with E-state index in [2.05, 4.69) is 34.5 Å². The molecule has 2 aromatic rings. The molecule has 4 heteroatoms. The number of nitrogens with zero attached hydrogens (tertiary/aromatic N) is 1. The van der Waals surface area contributed by atoms with Crippen LogP contribution >= 0.6 is 0 Å². The van der Waals surface area contributed by atoms with Gasteiger partial charge in [-0.15, -0.1) is 0 Å². The molecule has 0 bridgehead atoms. The van der Waals surface area contributed by atoms with E-state index < -0.39 is 0 Å². The first-order valence-corrected chi connectivity index (χ1v) is 9.15. The zero-order chi connectivity index (χ0) is 17.2. The molecule has 132 valence electrons. The number of ether oxygens (including phenoxy) is 1. The standard InChI is InChI=1S/C21H26N2O2/c1-25-20-9-5-4-8-18(20)22-16-10-12-23(13-11-16)19-14-15-6-2-3-7-17(15)21(19)24/h2-9,16,19,21-22,24H,10-14H2,1H3/t19-,21-/m1/s1. The van der Waals surface area contributed by atoms with Gasteiger partial charge in [0.2, 0.25) is 0 Å². The van der Waals surface area contributed by atoms with E-state index in [-0.39, 0.29) is 12.1 Å². The van der Waals surface area contributed by atoms with Crippen LogP contribution in [-0.2, 0) is 6.42 Å². The monoisotopic (exact) mass is 338 g/mol. The molecule has 1 saturated heterocycles. The first-order valence-electron chi connectivity index (χ1n) is 9.15. The minimum Gasteiger partial charge on any atom is -0.495 e. The van der Waals surface area contributed by atoms with Crippen LogP contribution < -0.4 is 10.1 Å². The van der Waals surface area contributed by atoms with Gasteiger partial charge in [0.05, 0.1) is 18.9 Å². The van der Waals surface area contributed by atoms with Crippen LogP contribution in [0.3, 0.4) is 0 Å². The fourth-order valence-electron chi connectivity index (χ4n) is 4.24. The Hall–Kier alpha value is -2.04. The molecule has 2 atom stereocenters. The molecule has 1 fully saturated rings. The van der Waals surface area contributed by atoms with Crippen molar-refractivity contribution in [2.24, 2.45) is 0 Å². The summed E-state index contributed by atoms with van der Waals surface area (Å²) >= 11 is 0. The lowest BCUT2D eigenvalue weighted by Gasteiger charge is -2.38. The van der Waals surface area contributed by atoms with E-state index in [1.54, 1.807) is 7.11 Å². The van der Waals surface area contributed by atoms with E-state index in [1.807, 2.05) is 24.3 Å². The third-order valence-electron chi connectivity index (χ3n) is 5.63. The Morgan fingerprint density at radius 2 is 1.76 bits per heavy atom. The van der Waals surface area contributed by atoms with Crippen LogP contribution in [0.4, 0.5) is 5.69 Å².